The molecular formula is C15H30N2O2. The van der Waals surface area contributed by atoms with Crippen molar-refractivity contribution in [1.29, 1.82) is 0 Å². The summed E-state index contributed by atoms with van der Waals surface area (Å²) in [6.45, 7) is 9.40. The SMILES string of the molecule is CCC(C)CN(CC)CC(NC)(C(=O)OC)C1CC1. The molecule has 0 bridgehead atoms. The Morgan fingerprint density at radius 3 is 2.47 bits per heavy atom. The third kappa shape index (κ3) is 3.93. The molecule has 0 aromatic rings. The zero-order chi connectivity index (χ0) is 14.5. The van der Waals surface area contributed by atoms with E-state index in [4.69, 9.17) is 4.74 Å². The van der Waals surface area contributed by atoms with Crippen LogP contribution in [-0.4, -0.2) is 50.2 Å². The Kier molecular flexibility index (Phi) is 6.27. The van der Waals surface area contributed by atoms with Crippen LogP contribution in [0.15, 0.2) is 0 Å². The lowest BCUT2D eigenvalue weighted by Gasteiger charge is -2.36. The first-order valence-electron chi connectivity index (χ1n) is 7.53. The van der Waals surface area contributed by atoms with Crippen LogP contribution in [0.3, 0.4) is 0 Å². The summed E-state index contributed by atoms with van der Waals surface area (Å²) in [4.78, 5) is 14.6. The van der Waals surface area contributed by atoms with Gasteiger partial charge in [-0.05, 0) is 38.3 Å². The molecule has 0 radical (unpaired) electrons. The molecule has 19 heavy (non-hydrogen) atoms. The first-order chi connectivity index (χ1) is 9.03. The largest absolute Gasteiger partial charge is 0.468 e. The van der Waals surface area contributed by atoms with E-state index >= 15 is 0 Å². The number of hydrogen-bond donors (Lipinski definition) is 1. The maximum absolute atomic E-state index is 12.2. The van der Waals surface area contributed by atoms with Crippen molar-refractivity contribution in [2.45, 2.75) is 45.6 Å². The number of nitrogens with zero attached hydrogens (tertiary/aromatic N) is 1. The molecule has 0 saturated heterocycles. The van der Waals surface area contributed by atoms with Crippen molar-refractivity contribution in [1.82, 2.24) is 10.2 Å². The Balaban J connectivity index is 2.77. The Labute approximate surface area is 117 Å². The van der Waals surface area contributed by atoms with Crippen molar-refractivity contribution in [3.05, 3.63) is 0 Å². The highest BCUT2D eigenvalue weighted by Gasteiger charge is 2.51. The first-order valence-corrected chi connectivity index (χ1v) is 7.53. The predicted octanol–water partition coefficient (Wildman–Crippen LogP) is 1.90. The minimum atomic E-state index is -0.516. The van der Waals surface area contributed by atoms with Gasteiger partial charge in [-0.2, -0.15) is 0 Å². The van der Waals surface area contributed by atoms with Gasteiger partial charge in [0.2, 0.25) is 0 Å². The topological polar surface area (TPSA) is 41.6 Å². The van der Waals surface area contributed by atoms with Crippen LogP contribution in [-0.2, 0) is 9.53 Å². The lowest BCUT2D eigenvalue weighted by molar-refractivity contribution is -0.150. The van der Waals surface area contributed by atoms with E-state index in [1.54, 1.807) is 0 Å². The second kappa shape index (κ2) is 7.25. The van der Waals surface area contributed by atoms with Crippen LogP contribution in [0.2, 0.25) is 0 Å². The molecule has 0 aromatic carbocycles. The lowest BCUT2D eigenvalue weighted by atomic mass is 9.92. The van der Waals surface area contributed by atoms with Gasteiger partial charge in [0.25, 0.3) is 0 Å². The molecule has 112 valence electrons. The third-order valence-electron chi connectivity index (χ3n) is 4.46. The Morgan fingerprint density at radius 1 is 1.47 bits per heavy atom. The molecule has 1 aliphatic rings. The number of carbonyl (C=O) groups excluding carboxylic acids is 1. The maximum atomic E-state index is 12.2. The van der Waals surface area contributed by atoms with E-state index in [0.717, 1.165) is 32.5 Å². The monoisotopic (exact) mass is 270 g/mol. The molecule has 0 aliphatic heterocycles. The molecular weight excluding hydrogens is 240 g/mol. The summed E-state index contributed by atoms with van der Waals surface area (Å²) < 4.78 is 5.06. The third-order valence-corrected chi connectivity index (χ3v) is 4.46. The predicted molar refractivity (Wildman–Crippen MR) is 78.1 cm³/mol. The van der Waals surface area contributed by atoms with Crippen molar-refractivity contribution >= 4 is 5.97 Å². The lowest BCUT2D eigenvalue weighted by Crippen LogP contribution is -2.60. The summed E-state index contributed by atoms with van der Waals surface area (Å²) in [5, 5.41) is 3.27. The minimum absolute atomic E-state index is 0.111. The fourth-order valence-corrected chi connectivity index (χ4v) is 2.73. The van der Waals surface area contributed by atoms with Gasteiger partial charge in [0.1, 0.15) is 5.54 Å². The highest BCUT2D eigenvalue weighted by molar-refractivity contribution is 5.82. The number of esters is 1. The smallest absolute Gasteiger partial charge is 0.327 e. The Morgan fingerprint density at radius 2 is 2.11 bits per heavy atom. The molecule has 0 spiro atoms. The van der Waals surface area contributed by atoms with Crippen LogP contribution in [0.4, 0.5) is 0 Å². The van der Waals surface area contributed by atoms with Crippen molar-refractivity contribution in [3.63, 3.8) is 0 Å². The van der Waals surface area contributed by atoms with Crippen molar-refractivity contribution in [2.24, 2.45) is 11.8 Å². The fraction of sp³-hybridized carbons (Fsp3) is 0.933. The molecule has 2 atom stereocenters. The second-order valence-corrected chi connectivity index (χ2v) is 5.83. The standard InChI is InChI=1S/C15H30N2O2/c1-6-12(3)10-17(7-2)11-15(16-4,13-8-9-13)14(18)19-5/h12-13,16H,6-11H2,1-5H3. The number of hydrogen-bond acceptors (Lipinski definition) is 4. The van der Waals surface area contributed by atoms with E-state index < -0.39 is 5.54 Å². The fourth-order valence-electron chi connectivity index (χ4n) is 2.73. The summed E-state index contributed by atoms with van der Waals surface area (Å²) in [6, 6.07) is 0. The zero-order valence-electron chi connectivity index (χ0n) is 13.2. The van der Waals surface area contributed by atoms with E-state index in [-0.39, 0.29) is 5.97 Å². The summed E-state index contributed by atoms with van der Waals surface area (Å²) in [7, 11) is 3.37. The molecule has 4 heteroatoms. The van der Waals surface area contributed by atoms with Crippen molar-refractivity contribution < 1.29 is 9.53 Å². The van der Waals surface area contributed by atoms with Gasteiger partial charge in [0.05, 0.1) is 7.11 Å². The van der Waals surface area contributed by atoms with Crippen molar-refractivity contribution in [2.75, 3.05) is 33.8 Å². The average molecular weight is 270 g/mol. The molecule has 0 aromatic heterocycles. The number of likely N-dealkylation sites (N-methyl/N-ethyl adjacent to an activating group) is 2. The number of methoxy groups -OCH3 is 1. The second-order valence-electron chi connectivity index (χ2n) is 5.83. The highest BCUT2D eigenvalue weighted by atomic mass is 16.5. The average Bonchev–Trinajstić information content (AvgIpc) is 3.27. The molecule has 1 N–H and O–H groups in total. The molecule has 1 fully saturated rings. The van der Waals surface area contributed by atoms with Crippen molar-refractivity contribution in [3.8, 4) is 0 Å². The molecule has 1 aliphatic carbocycles. The molecule has 2 unspecified atom stereocenters. The van der Waals surface area contributed by atoms with Crippen LogP contribution >= 0.6 is 0 Å². The molecule has 0 heterocycles. The summed E-state index contributed by atoms with van der Waals surface area (Å²) >= 11 is 0. The van der Waals surface area contributed by atoms with Crippen LogP contribution in [0.25, 0.3) is 0 Å². The van der Waals surface area contributed by atoms with Gasteiger partial charge in [-0.1, -0.05) is 27.2 Å². The van der Waals surface area contributed by atoms with Crippen LogP contribution in [0.1, 0.15) is 40.0 Å². The first kappa shape index (κ1) is 16.4. The molecule has 1 rings (SSSR count). The number of carbonyl (C=O) groups is 1. The molecule has 4 nitrogen and oxygen atoms in total. The maximum Gasteiger partial charge on any atom is 0.327 e. The van der Waals surface area contributed by atoms with E-state index in [9.17, 15) is 4.79 Å². The van der Waals surface area contributed by atoms with Crippen LogP contribution < -0.4 is 5.32 Å². The Bertz CT molecular complexity index is 292. The number of rotatable bonds is 9. The van der Waals surface area contributed by atoms with Crippen LogP contribution in [0.5, 0.6) is 0 Å². The summed E-state index contributed by atoms with van der Waals surface area (Å²) in [6.07, 6.45) is 3.42. The normalized spacial score (nSPS) is 20.1. The molecule has 1 saturated carbocycles. The van der Waals surface area contributed by atoms with Gasteiger partial charge in [-0.15, -0.1) is 0 Å². The Hall–Kier alpha value is -0.610. The van der Waals surface area contributed by atoms with E-state index in [0.29, 0.717) is 11.8 Å². The van der Waals surface area contributed by atoms with E-state index in [1.807, 2.05) is 7.05 Å². The van der Waals surface area contributed by atoms with Gasteiger partial charge in [0, 0.05) is 13.1 Å². The van der Waals surface area contributed by atoms with E-state index in [2.05, 4.69) is 31.0 Å². The van der Waals surface area contributed by atoms with Gasteiger partial charge in [-0.3, -0.25) is 0 Å². The summed E-state index contributed by atoms with van der Waals surface area (Å²) in [5.41, 5.74) is -0.516. The quantitative estimate of drug-likeness (QED) is 0.650. The highest BCUT2D eigenvalue weighted by Crippen LogP contribution is 2.40. The minimum Gasteiger partial charge on any atom is -0.468 e. The van der Waals surface area contributed by atoms with Gasteiger partial charge in [-0.25, -0.2) is 4.79 Å². The zero-order valence-corrected chi connectivity index (χ0v) is 13.2. The molecule has 0 amide bonds. The summed E-state index contributed by atoms with van der Waals surface area (Å²) in [5.74, 6) is 0.974. The number of nitrogens with one attached hydrogen (secondary N) is 1. The van der Waals surface area contributed by atoms with Crippen LogP contribution in [0, 0.1) is 11.8 Å². The van der Waals surface area contributed by atoms with Gasteiger partial charge in [0.15, 0.2) is 0 Å². The number of ether oxygens (including phenoxy) is 1. The van der Waals surface area contributed by atoms with Gasteiger partial charge < -0.3 is 15.0 Å². The van der Waals surface area contributed by atoms with E-state index in [1.165, 1.54) is 13.5 Å². The van der Waals surface area contributed by atoms with Gasteiger partial charge >= 0.3 is 5.97 Å².